The molecule has 0 aromatic heterocycles. The van der Waals surface area contributed by atoms with E-state index in [9.17, 15) is 4.79 Å². The molecule has 0 amide bonds. The lowest BCUT2D eigenvalue weighted by molar-refractivity contribution is -0.137. The normalized spacial score (nSPS) is 11.3. The van der Waals surface area contributed by atoms with Crippen LogP contribution in [0.2, 0.25) is 0 Å². The number of carboxylic acid groups (broad SMARTS) is 1. The summed E-state index contributed by atoms with van der Waals surface area (Å²) in [6, 6.07) is 0.601. The Labute approximate surface area is 93.5 Å². The highest BCUT2D eigenvalue weighted by Gasteiger charge is 2.07. The second-order valence-corrected chi connectivity index (χ2v) is 4.33. The van der Waals surface area contributed by atoms with Gasteiger partial charge in [0.25, 0.3) is 0 Å². The molecular weight excluding hydrogens is 190 g/mol. The molecule has 0 heterocycles. The van der Waals surface area contributed by atoms with Crippen molar-refractivity contribution in [2.45, 2.75) is 58.9 Å². The van der Waals surface area contributed by atoms with Crippen molar-refractivity contribution < 1.29 is 9.90 Å². The van der Waals surface area contributed by atoms with Crippen molar-refractivity contribution >= 4 is 5.97 Å². The molecule has 15 heavy (non-hydrogen) atoms. The third-order valence-electron chi connectivity index (χ3n) is 2.58. The van der Waals surface area contributed by atoms with Gasteiger partial charge in [-0.05, 0) is 46.2 Å². The summed E-state index contributed by atoms with van der Waals surface area (Å²) in [7, 11) is 0. The molecule has 0 aliphatic heterocycles. The van der Waals surface area contributed by atoms with Crippen LogP contribution in [0, 0.1) is 0 Å². The van der Waals surface area contributed by atoms with E-state index < -0.39 is 5.97 Å². The zero-order chi connectivity index (χ0) is 11.7. The van der Waals surface area contributed by atoms with Crippen LogP contribution in [0.25, 0.3) is 0 Å². The van der Waals surface area contributed by atoms with Gasteiger partial charge in [0.2, 0.25) is 0 Å². The molecule has 0 aromatic carbocycles. The Morgan fingerprint density at radius 2 is 1.87 bits per heavy atom. The van der Waals surface area contributed by atoms with Gasteiger partial charge >= 0.3 is 5.97 Å². The molecule has 0 radical (unpaired) electrons. The number of carboxylic acids is 1. The zero-order valence-corrected chi connectivity index (χ0v) is 10.3. The number of hydrogen-bond donors (Lipinski definition) is 1. The lowest BCUT2D eigenvalue weighted by Gasteiger charge is -2.25. The molecular formula is C12H25NO2. The number of carbonyl (C=O) groups is 1. The molecule has 0 aliphatic rings. The fourth-order valence-corrected chi connectivity index (χ4v) is 1.68. The van der Waals surface area contributed by atoms with Gasteiger partial charge in [-0.2, -0.15) is 0 Å². The number of aliphatic carboxylic acids is 1. The van der Waals surface area contributed by atoms with Crippen LogP contribution in [0.15, 0.2) is 0 Å². The molecule has 0 fully saturated rings. The number of hydrogen-bond acceptors (Lipinski definition) is 2. The van der Waals surface area contributed by atoms with Crippen LogP contribution in [0.4, 0.5) is 0 Å². The van der Waals surface area contributed by atoms with Crippen molar-refractivity contribution in [3.63, 3.8) is 0 Å². The van der Waals surface area contributed by atoms with Crippen molar-refractivity contribution in [3.8, 4) is 0 Å². The van der Waals surface area contributed by atoms with Crippen LogP contribution in [0.5, 0.6) is 0 Å². The average Bonchev–Trinajstić information content (AvgIpc) is 2.15. The first-order valence-electron chi connectivity index (χ1n) is 6.03. The Balaban J connectivity index is 3.49. The van der Waals surface area contributed by atoms with Crippen molar-refractivity contribution in [3.05, 3.63) is 0 Å². The van der Waals surface area contributed by atoms with Gasteiger partial charge in [0, 0.05) is 12.5 Å². The molecule has 0 unspecified atom stereocenters. The Bertz CT molecular complexity index is 169. The molecule has 0 saturated carbocycles. The van der Waals surface area contributed by atoms with E-state index in [-0.39, 0.29) is 0 Å². The van der Waals surface area contributed by atoms with E-state index >= 15 is 0 Å². The van der Waals surface area contributed by atoms with Gasteiger partial charge in [0.1, 0.15) is 0 Å². The third kappa shape index (κ3) is 8.43. The van der Waals surface area contributed by atoms with Crippen molar-refractivity contribution in [1.82, 2.24) is 4.90 Å². The molecule has 3 nitrogen and oxygen atoms in total. The zero-order valence-electron chi connectivity index (χ0n) is 10.3. The maximum absolute atomic E-state index is 10.3. The molecule has 0 spiro atoms. The molecule has 0 saturated heterocycles. The van der Waals surface area contributed by atoms with Gasteiger partial charge in [0.15, 0.2) is 0 Å². The van der Waals surface area contributed by atoms with Crippen molar-refractivity contribution in [2.75, 3.05) is 13.1 Å². The van der Waals surface area contributed by atoms with Crippen molar-refractivity contribution in [2.24, 2.45) is 0 Å². The number of nitrogens with zero attached hydrogens (tertiary/aromatic N) is 1. The minimum absolute atomic E-state index is 0.315. The topological polar surface area (TPSA) is 40.5 Å². The second kappa shape index (κ2) is 8.72. The van der Waals surface area contributed by atoms with E-state index in [0.717, 1.165) is 32.4 Å². The molecule has 90 valence electrons. The van der Waals surface area contributed by atoms with Gasteiger partial charge in [-0.25, -0.2) is 0 Å². The smallest absolute Gasteiger partial charge is 0.303 e. The second-order valence-electron chi connectivity index (χ2n) is 4.33. The minimum Gasteiger partial charge on any atom is -0.481 e. The van der Waals surface area contributed by atoms with Gasteiger partial charge in [-0.1, -0.05) is 13.3 Å². The first-order chi connectivity index (χ1) is 7.07. The molecule has 0 atom stereocenters. The monoisotopic (exact) mass is 215 g/mol. The third-order valence-corrected chi connectivity index (χ3v) is 2.58. The summed E-state index contributed by atoms with van der Waals surface area (Å²) in [6.07, 6.45) is 4.46. The molecule has 0 aromatic rings. The quantitative estimate of drug-likeness (QED) is 0.601. The summed E-state index contributed by atoms with van der Waals surface area (Å²) < 4.78 is 0. The maximum Gasteiger partial charge on any atom is 0.303 e. The minimum atomic E-state index is -0.677. The van der Waals surface area contributed by atoms with Crippen LogP contribution in [-0.2, 0) is 4.79 Å². The molecule has 0 aliphatic carbocycles. The van der Waals surface area contributed by atoms with E-state index in [1.54, 1.807) is 0 Å². The predicted octanol–water partition coefficient (Wildman–Crippen LogP) is 2.75. The fraction of sp³-hybridized carbons (Fsp3) is 0.917. The molecule has 0 bridgehead atoms. The first kappa shape index (κ1) is 14.4. The predicted molar refractivity (Wildman–Crippen MR) is 63.1 cm³/mol. The molecule has 3 heteroatoms. The maximum atomic E-state index is 10.3. The van der Waals surface area contributed by atoms with E-state index in [1.165, 1.54) is 6.42 Å². The lowest BCUT2D eigenvalue weighted by Crippen LogP contribution is -2.32. The van der Waals surface area contributed by atoms with E-state index in [0.29, 0.717) is 12.5 Å². The fourth-order valence-electron chi connectivity index (χ4n) is 1.68. The highest BCUT2D eigenvalue weighted by Crippen LogP contribution is 2.05. The van der Waals surface area contributed by atoms with E-state index in [2.05, 4.69) is 25.7 Å². The Hall–Kier alpha value is -0.570. The first-order valence-corrected chi connectivity index (χ1v) is 6.03. The number of unbranched alkanes of at least 4 members (excludes halogenated alkanes) is 2. The molecule has 0 rings (SSSR count). The average molecular weight is 215 g/mol. The Morgan fingerprint density at radius 3 is 2.33 bits per heavy atom. The van der Waals surface area contributed by atoms with Crippen LogP contribution in [0.1, 0.15) is 52.9 Å². The number of rotatable bonds is 9. The summed E-state index contributed by atoms with van der Waals surface area (Å²) in [5.41, 5.74) is 0. The molecule has 1 N–H and O–H groups in total. The van der Waals surface area contributed by atoms with Crippen LogP contribution in [0.3, 0.4) is 0 Å². The SMILES string of the molecule is CCCN(CCCCCC(=O)O)C(C)C. The van der Waals surface area contributed by atoms with Crippen molar-refractivity contribution in [1.29, 1.82) is 0 Å². The summed E-state index contributed by atoms with van der Waals surface area (Å²) in [4.78, 5) is 12.8. The van der Waals surface area contributed by atoms with Gasteiger partial charge in [0.05, 0.1) is 0 Å². The highest BCUT2D eigenvalue weighted by molar-refractivity contribution is 5.66. The highest BCUT2D eigenvalue weighted by atomic mass is 16.4. The van der Waals surface area contributed by atoms with E-state index in [1.807, 2.05) is 0 Å². The Kier molecular flexibility index (Phi) is 8.38. The van der Waals surface area contributed by atoms with E-state index in [4.69, 9.17) is 5.11 Å². The Morgan fingerprint density at radius 1 is 1.20 bits per heavy atom. The van der Waals surface area contributed by atoms with Gasteiger partial charge in [-0.3, -0.25) is 4.79 Å². The standard InChI is InChI=1S/C12H25NO2/c1-4-9-13(11(2)3)10-7-5-6-8-12(14)15/h11H,4-10H2,1-3H3,(H,14,15). The van der Waals surface area contributed by atoms with Crippen LogP contribution >= 0.6 is 0 Å². The summed E-state index contributed by atoms with van der Waals surface area (Å²) >= 11 is 0. The summed E-state index contributed by atoms with van der Waals surface area (Å²) in [5, 5.41) is 8.48. The summed E-state index contributed by atoms with van der Waals surface area (Å²) in [5.74, 6) is -0.677. The van der Waals surface area contributed by atoms with Gasteiger partial charge in [-0.15, -0.1) is 0 Å². The lowest BCUT2D eigenvalue weighted by atomic mass is 10.1. The summed E-state index contributed by atoms with van der Waals surface area (Å²) in [6.45, 7) is 8.88. The van der Waals surface area contributed by atoms with Crippen LogP contribution < -0.4 is 0 Å². The van der Waals surface area contributed by atoms with Crippen LogP contribution in [-0.4, -0.2) is 35.1 Å². The largest absolute Gasteiger partial charge is 0.481 e. The van der Waals surface area contributed by atoms with Gasteiger partial charge < -0.3 is 10.0 Å².